The van der Waals surface area contributed by atoms with Gasteiger partial charge in [0.1, 0.15) is 0 Å². The summed E-state index contributed by atoms with van der Waals surface area (Å²) in [6, 6.07) is 12.9. The molecule has 0 radical (unpaired) electrons. The Morgan fingerprint density at radius 1 is 1.24 bits per heavy atom. The van der Waals surface area contributed by atoms with E-state index < -0.39 is 0 Å². The Labute approximate surface area is 150 Å². The first-order chi connectivity index (χ1) is 12.1. The number of hydrogen-bond acceptors (Lipinski definition) is 5. The summed E-state index contributed by atoms with van der Waals surface area (Å²) >= 11 is 1.35. The van der Waals surface area contributed by atoms with Crippen molar-refractivity contribution in [2.75, 3.05) is 6.61 Å². The third-order valence-corrected chi connectivity index (χ3v) is 4.88. The highest BCUT2D eigenvalue weighted by atomic mass is 32.2. The number of rotatable bonds is 5. The number of esters is 1. The molecule has 1 aromatic carbocycles. The standard InChI is InChI=1S/C19H18N2O3S/c1-3-24-19(22)18-13(2)14-8-4-5-9-15(14)20-16(18)12-25-17-10-6-7-11-21(17)23/h4-11H,3,12H2,1-2H3. The molecule has 0 saturated heterocycles. The molecule has 2 aromatic heterocycles. The van der Waals surface area contributed by atoms with Crippen LogP contribution >= 0.6 is 11.8 Å². The van der Waals surface area contributed by atoms with E-state index in [0.29, 0.717) is 28.6 Å². The van der Waals surface area contributed by atoms with E-state index >= 15 is 0 Å². The Bertz CT molecular complexity index is 928. The predicted octanol–water partition coefficient (Wildman–Crippen LogP) is 3.65. The second-order valence-corrected chi connectivity index (χ2v) is 6.45. The Kier molecular flexibility index (Phi) is 5.19. The maximum Gasteiger partial charge on any atom is 0.340 e. The summed E-state index contributed by atoms with van der Waals surface area (Å²) < 4.78 is 6.03. The van der Waals surface area contributed by atoms with Crippen LogP contribution in [0.4, 0.5) is 0 Å². The molecule has 3 aromatic rings. The third-order valence-electron chi connectivity index (χ3n) is 3.85. The molecule has 0 fully saturated rings. The molecule has 5 nitrogen and oxygen atoms in total. The highest BCUT2D eigenvalue weighted by molar-refractivity contribution is 7.98. The van der Waals surface area contributed by atoms with Gasteiger partial charge in [-0.25, -0.2) is 4.79 Å². The second-order valence-electron chi connectivity index (χ2n) is 5.45. The maximum absolute atomic E-state index is 12.5. The number of benzene rings is 1. The molecular weight excluding hydrogens is 336 g/mol. The number of fused-ring (bicyclic) bond motifs is 1. The number of thioether (sulfide) groups is 1. The van der Waals surface area contributed by atoms with Gasteiger partial charge >= 0.3 is 5.97 Å². The van der Waals surface area contributed by atoms with E-state index in [0.717, 1.165) is 21.2 Å². The molecule has 0 N–H and O–H groups in total. The van der Waals surface area contributed by atoms with E-state index in [1.807, 2.05) is 37.3 Å². The lowest BCUT2D eigenvalue weighted by Gasteiger charge is -2.13. The number of aryl methyl sites for hydroxylation is 1. The van der Waals surface area contributed by atoms with Crippen molar-refractivity contribution in [2.24, 2.45) is 0 Å². The van der Waals surface area contributed by atoms with Crippen LogP contribution < -0.4 is 4.73 Å². The van der Waals surface area contributed by atoms with Crippen LogP contribution in [0.1, 0.15) is 28.5 Å². The van der Waals surface area contributed by atoms with E-state index in [-0.39, 0.29) is 5.97 Å². The molecule has 0 aliphatic heterocycles. The number of para-hydroxylation sites is 1. The van der Waals surface area contributed by atoms with Crippen molar-refractivity contribution in [1.82, 2.24) is 4.98 Å². The zero-order valence-corrected chi connectivity index (χ0v) is 14.9. The summed E-state index contributed by atoms with van der Waals surface area (Å²) in [5.74, 6) is 0.0309. The van der Waals surface area contributed by atoms with Crippen molar-refractivity contribution in [2.45, 2.75) is 24.6 Å². The molecule has 0 aliphatic carbocycles. The molecule has 0 unspecified atom stereocenters. The number of nitrogens with zero attached hydrogens (tertiary/aromatic N) is 2. The molecule has 2 heterocycles. The van der Waals surface area contributed by atoms with Crippen molar-refractivity contribution < 1.29 is 14.3 Å². The van der Waals surface area contributed by atoms with Gasteiger partial charge in [-0.05, 0) is 43.3 Å². The van der Waals surface area contributed by atoms with Gasteiger partial charge in [-0.2, -0.15) is 4.73 Å². The van der Waals surface area contributed by atoms with Crippen LogP contribution in [0.5, 0.6) is 0 Å². The molecule has 0 spiro atoms. The number of aromatic nitrogens is 2. The van der Waals surface area contributed by atoms with E-state index in [1.165, 1.54) is 18.0 Å². The van der Waals surface area contributed by atoms with Crippen LogP contribution in [-0.4, -0.2) is 17.6 Å². The number of pyridine rings is 2. The summed E-state index contributed by atoms with van der Waals surface area (Å²) in [5.41, 5.74) is 2.79. The summed E-state index contributed by atoms with van der Waals surface area (Å²) in [4.78, 5) is 17.1. The minimum atomic E-state index is -0.378. The first-order valence-corrected chi connectivity index (χ1v) is 8.96. The van der Waals surface area contributed by atoms with Crippen LogP contribution in [0.25, 0.3) is 10.9 Å². The minimum Gasteiger partial charge on any atom is -0.618 e. The summed E-state index contributed by atoms with van der Waals surface area (Å²) in [7, 11) is 0. The normalized spacial score (nSPS) is 10.8. The Balaban J connectivity index is 2.04. The van der Waals surface area contributed by atoms with E-state index in [4.69, 9.17) is 4.74 Å². The highest BCUT2D eigenvalue weighted by Crippen LogP contribution is 2.28. The van der Waals surface area contributed by atoms with Crippen LogP contribution in [0, 0.1) is 12.1 Å². The molecule has 25 heavy (non-hydrogen) atoms. The molecule has 3 rings (SSSR count). The zero-order valence-electron chi connectivity index (χ0n) is 14.1. The van der Waals surface area contributed by atoms with E-state index in [9.17, 15) is 10.0 Å². The van der Waals surface area contributed by atoms with Gasteiger partial charge in [0.05, 0.1) is 23.4 Å². The van der Waals surface area contributed by atoms with Crippen LogP contribution in [0.2, 0.25) is 0 Å². The van der Waals surface area contributed by atoms with Gasteiger partial charge in [0, 0.05) is 23.3 Å². The second kappa shape index (κ2) is 7.53. The number of carbonyl (C=O) groups is 1. The topological polar surface area (TPSA) is 66.1 Å². The molecule has 0 atom stereocenters. The van der Waals surface area contributed by atoms with Gasteiger partial charge in [0.25, 0.3) is 5.03 Å². The average molecular weight is 354 g/mol. The number of hydrogen-bond donors (Lipinski definition) is 0. The van der Waals surface area contributed by atoms with Crippen molar-refractivity contribution in [1.29, 1.82) is 0 Å². The molecule has 0 bridgehead atoms. The third kappa shape index (κ3) is 3.58. The number of ether oxygens (including phenoxy) is 1. The van der Waals surface area contributed by atoms with Crippen LogP contribution in [0.3, 0.4) is 0 Å². The molecular formula is C19H18N2O3S. The molecule has 128 valence electrons. The monoisotopic (exact) mass is 354 g/mol. The largest absolute Gasteiger partial charge is 0.618 e. The lowest BCUT2D eigenvalue weighted by atomic mass is 10.0. The lowest BCUT2D eigenvalue weighted by molar-refractivity contribution is -0.645. The molecule has 0 aliphatic rings. The average Bonchev–Trinajstić information content (AvgIpc) is 2.61. The van der Waals surface area contributed by atoms with Gasteiger partial charge < -0.3 is 9.94 Å². The van der Waals surface area contributed by atoms with Crippen molar-refractivity contribution in [3.63, 3.8) is 0 Å². The maximum atomic E-state index is 12.5. The Morgan fingerprint density at radius 2 is 2.00 bits per heavy atom. The SMILES string of the molecule is CCOC(=O)c1c(CSc2cccc[n+]2[O-])nc2ccccc2c1C. The summed E-state index contributed by atoms with van der Waals surface area (Å²) in [6.07, 6.45) is 1.45. The smallest absolute Gasteiger partial charge is 0.340 e. The molecule has 6 heteroatoms. The fourth-order valence-corrected chi connectivity index (χ4v) is 3.54. The fraction of sp³-hybridized carbons (Fsp3) is 0.211. The van der Waals surface area contributed by atoms with E-state index in [1.54, 1.807) is 19.1 Å². The first kappa shape index (κ1) is 17.2. The quantitative estimate of drug-likeness (QED) is 0.303. The van der Waals surface area contributed by atoms with Gasteiger partial charge in [-0.15, -0.1) is 0 Å². The Hall–Kier alpha value is -2.60. The lowest BCUT2D eigenvalue weighted by Crippen LogP contribution is -2.27. The predicted molar refractivity (Wildman–Crippen MR) is 97.4 cm³/mol. The van der Waals surface area contributed by atoms with E-state index in [2.05, 4.69) is 4.98 Å². The minimum absolute atomic E-state index is 0.303. The highest BCUT2D eigenvalue weighted by Gasteiger charge is 2.20. The summed E-state index contributed by atoms with van der Waals surface area (Å²) in [5, 5.41) is 13.3. The van der Waals surface area contributed by atoms with Gasteiger partial charge in [0.15, 0.2) is 6.20 Å². The van der Waals surface area contributed by atoms with Crippen molar-refractivity contribution in [3.8, 4) is 0 Å². The van der Waals surface area contributed by atoms with Crippen LogP contribution in [-0.2, 0) is 10.5 Å². The van der Waals surface area contributed by atoms with Crippen molar-refractivity contribution in [3.05, 3.63) is 70.7 Å². The first-order valence-electron chi connectivity index (χ1n) is 7.98. The van der Waals surface area contributed by atoms with Crippen LogP contribution in [0.15, 0.2) is 53.7 Å². The fourth-order valence-electron chi connectivity index (χ4n) is 2.69. The molecule has 0 saturated carbocycles. The number of carbonyl (C=O) groups excluding carboxylic acids is 1. The van der Waals surface area contributed by atoms with Gasteiger partial charge in [-0.1, -0.05) is 18.2 Å². The van der Waals surface area contributed by atoms with Crippen molar-refractivity contribution >= 4 is 28.6 Å². The van der Waals surface area contributed by atoms with Gasteiger partial charge in [0.2, 0.25) is 0 Å². The molecule has 0 amide bonds. The van der Waals surface area contributed by atoms with Gasteiger partial charge in [-0.3, -0.25) is 4.98 Å². The zero-order chi connectivity index (χ0) is 17.8. The Morgan fingerprint density at radius 3 is 2.76 bits per heavy atom. The summed E-state index contributed by atoms with van der Waals surface area (Å²) in [6.45, 7) is 3.98.